The summed E-state index contributed by atoms with van der Waals surface area (Å²) in [5.41, 5.74) is 2.72. The van der Waals surface area contributed by atoms with Crippen LogP contribution < -0.4 is 0 Å². The average molecular weight is 399 g/mol. The van der Waals surface area contributed by atoms with E-state index in [0.29, 0.717) is 16.5 Å². The third-order valence-corrected chi connectivity index (χ3v) is 4.83. The fourth-order valence-electron chi connectivity index (χ4n) is 2.91. The van der Waals surface area contributed by atoms with Crippen molar-refractivity contribution < 1.29 is 4.42 Å². The van der Waals surface area contributed by atoms with Crippen LogP contribution in [0.25, 0.3) is 22.6 Å². The Balaban J connectivity index is 1.82. The number of aromatic nitrogens is 1. The lowest BCUT2D eigenvalue weighted by Crippen LogP contribution is -1.87. The molecule has 0 unspecified atom stereocenters. The van der Waals surface area contributed by atoms with Gasteiger partial charge in [-0.05, 0) is 49.2 Å². The first-order valence-electron chi connectivity index (χ1n) is 9.06. The Morgan fingerprint density at radius 1 is 0.815 bits per heavy atom. The van der Waals surface area contributed by atoms with Gasteiger partial charge in [0, 0.05) is 34.0 Å². The molecule has 3 rings (SSSR count). The fraction of sp³-hybridized carbons (Fsp3) is 0.273. The molecule has 1 heterocycles. The van der Waals surface area contributed by atoms with Gasteiger partial charge in [0.2, 0.25) is 0 Å². The number of nitriles is 1. The minimum Gasteiger partial charge on any atom is -0.440 e. The molecule has 2 aromatic carbocycles. The van der Waals surface area contributed by atoms with Gasteiger partial charge in [-0.1, -0.05) is 48.2 Å². The second-order valence-corrected chi connectivity index (χ2v) is 7.24. The van der Waals surface area contributed by atoms with Crippen molar-refractivity contribution in [3.05, 3.63) is 64.5 Å². The number of hydrogen-bond acceptors (Lipinski definition) is 3. The zero-order chi connectivity index (χ0) is 19.1. The number of benzene rings is 2. The molecule has 0 fully saturated rings. The Kier molecular flexibility index (Phi) is 6.92. The van der Waals surface area contributed by atoms with Gasteiger partial charge in [-0.2, -0.15) is 5.26 Å². The quantitative estimate of drug-likeness (QED) is 0.373. The molecule has 0 atom stereocenters. The molecular formula is C22H20Cl2N2O. The van der Waals surface area contributed by atoms with Crippen molar-refractivity contribution in [3.8, 4) is 28.7 Å². The molecule has 0 spiro atoms. The number of nitrogens with zero attached hydrogens (tertiary/aromatic N) is 2. The molecule has 138 valence electrons. The highest BCUT2D eigenvalue weighted by Crippen LogP contribution is 2.34. The van der Waals surface area contributed by atoms with E-state index < -0.39 is 0 Å². The van der Waals surface area contributed by atoms with Crippen molar-refractivity contribution in [1.29, 1.82) is 5.26 Å². The molecule has 0 aliphatic heterocycles. The number of halogens is 2. The SMILES string of the molecule is N#CCCCCCCc1nc(-c2ccc(Cl)cc2)c(-c2ccc(Cl)cc2)o1. The zero-order valence-electron chi connectivity index (χ0n) is 14.9. The first-order chi connectivity index (χ1) is 13.2. The minimum atomic E-state index is 0.625. The topological polar surface area (TPSA) is 49.8 Å². The first kappa shape index (κ1) is 19.5. The second-order valence-electron chi connectivity index (χ2n) is 6.37. The van der Waals surface area contributed by atoms with Crippen LogP contribution in [0.1, 0.15) is 38.0 Å². The maximum Gasteiger partial charge on any atom is 0.195 e. The molecule has 0 aliphatic carbocycles. The van der Waals surface area contributed by atoms with Crippen molar-refractivity contribution in [3.63, 3.8) is 0 Å². The molecule has 5 heteroatoms. The summed E-state index contributed by atoms with van der Waals surface area (Å²) in [7, 11) is 0. The molecule has 0 bridgehead atoms. The number of hydrogen-bond donors (Lipinski definition) is 0. The van der Waals surface area contributed by atoms with Crippen molar-refractivity contribution in [2.45, 2.75) is 38.5 Å². The van der Waals surface area contributed by atoms with E-state index in [0.717, 1.165) is 60.6 Å². The van der Waals surface area contributed by atoms with Gasteiger partial charge in [0.15, 0.2) is 11.7 Å². The van der Waals surface area contributed by atoms with E-state index in [1.807, 2.05) is 48.5 Å². The summed E-state index contributed by atoms with van der Waals surface area (Å²) in [6, 6.07) is 17.4. The van der Waals surface area contributed by atoms with Gasteiger partial charge < -0.3 is 4.42 Å². The number of rotatable bonds is 8. The van der Waals surface area contributed by atoms with E-state index in [1.54, 1.807) is 0 Å². The van der Waals surface area contributed by atoms with E-state index in [2.05, 4.69) is 6.07 Å². The Bertz CT molecular complexity index is 846. The molecule has 3 nitrogen and oxygen atoms in total. The molecule has 0 saturated carbocycles. The van der Waals surface area contributed by atoms with Gasteiger partial charge in [0.05, 0.1) is 6.07 Å². The summed E-state index contributed by atoms with van der Waals surface area (Å²) in [4.78, 5) is 4.75. The van der Waals surface area contributed by atoms with Crippen LogP contribution in [0, 0.1) is 11.3 Å². The lowest BCUT2D eigenvalue weighted by Gasteiger charge is -2.02. The van der Waals surface area contributed by atoms with Crippen LogP contribution in [-0.2, 0) is 6.42 Å². The van der Waals surface area contributed by atoms with Gasteiger partial charge in [0.25, 0.3) is 0 Å². The number of aryl methyl sites for hydroxylation is 1. The standard InChI is InChI=1S/C22H20Cl2N2O/c23-18-11-7-16(8-12-18)21-22(17-9-13-19(24)14-10-17)27-20(26-21)6-4-2-1-3-5-15-25/h7-14H,1-6H2. The van der Waals surface area contributed by atoms with Gasteiger partial charge in [-0.15, -0.1) is 0 Å². The summed E-state index contributed by atoms with van der Waals surface area (Å²) in [5, 5.41) is 9.97. The van der Waals surface area contributed by atoms with E-state index in [-0.39, 0.29) is 0 Å². The smallest absolute Gasteiger partial charge is 0.195 e. The fourth-order valence-corrected chi connectivity index (χ4v) is 3.16. The highest BCUT2D eigenvalue weighted by molar-refractivity contribution is 6.31. The summed E-state index contributed by atoms with van der Waals surface area (Å²) in [5.74, 6) is 1.47. The minimum absolute atomic E-state index is 0.625. The number of oxazole rings is 1. The normalized spacial score (nSPS) is 10.7. The number of unbranched alkanes of at least 4 members (excludes halogenated alkanes) is 4. The van der Waals surface area contributed by atoms with E-state index in [9.17, 15) is 0 Å². The molecule has 0 amide bonds. The summed E-state index contributed by atoms with van der Waals surface area (Å²) in [6.45, 7) is 0. The van der Waals surface area contributed by atoms with Crippen LogP contribution in [0.2, 0.25) is 10.0 Å². The zero-order valence-corrected chi connectivity index (χ0v) is 16.4. The van der Waals surface area contributed by atoms with Crippen molar-refractivity contribution in [2.24, 2.45) is 0 Å². The summed E-state index contributed by atoms with van der Waals surface area (Å²) >= 11 is 12.0. The predicted molar refractivity (Wildman–Crippen MR) is 110 cm³/mol. The molecule has 0 aliphatic rings. The van der Waals surface area contributed by atoms with Gasteiger partial charge in [-0.3, -0.25) is 0 Å². The Labute approximate surface area is 169 Å². The van der Waals surface area contributed by atoms with Crippen LogP contribution in [0.5, 0.6) is 0 Å². The van der Waals surface area contributed by atoms with Crippen molar-refractivity contribution in [2.75, 3.05) is 0 Å². The van der Waals surface area contributed by atoms with E-state index in [1.165, 1.54) is 0 Å². The molecule has 0 saturated heterocycles. The van der Waals surface area contributed by atoms with E-state index >= 15 is 0 Å². The Hall–Kier alpha value is -2.28. The molecule has 27 heavy (non-hydrogen) atoms. The monoisotopic (exact) mass is 398 g/mol. The van der Waals surface area contributed by atoms with E-state index in [4.69, 9.17) is 37.9 Å². The van der Waals surface area contributed by atoms with Crippen LogP contribution in [-0.4, -0.2) is 4.98 Å². The van der Waals surface area contributed by atoms with Gasteiger partial charge >= 0.3 is 0 Å². The van der Waals surface area contributed by atoms with Gasteiger partial charge in [-0.25, -0.2) is 4.98 Å². The Morgan fingerprint density at radius 3 is 2.04 bits per heavy atom. The summed E-state index contributed by atoms with van der Waals surface area (Å²) in [6.07, 6.45) is 5.47. The van der Waals surface area contributed by atoms with Crippen molar-refractivity contribution in [1.82, 2.24) is 4.98 Å². The Morgan fingerprint density at radius 2 is 1.41 bits per heavy atom. The highest BCUT2D eigenvalue weighted by Gasteiger charge is 2.17. The third-order valence-electron chi connectivity index (χ3n) is 4.32. The average Bonchev–Trinajstić information content (AvgIpc) is 3.10. The molecule has 1 aromatic heterocycles. The maximum atomic E-state index is 8.59. The van der Waals surface area contributed by atoms with Crippen molar-refractivity contribution >= 4 is 23.2 Å². The predicted octanol–water partition coefficient (Wildman–Crippen LogP) is 7.33. The third kappa shape index (κ3) is 5.35. The highest BCUT2D eigenvalue weighted by atomic mass is 35.5. The molecule has 0 N–H and O–H groups in total. The van der Waals surface area contributed by atoms with Crippen LogP contribution in [0.15, 0.2) is 52.9 Å². The lowest BCUT2D eigenvalue weighted by molar-refractivity contribution is 0.489. The summed E-state index contributed by atoms with van der Waals surface area (Å²) < 4.78 is 6.11. The second kappa shape index (κ2) is 9.60. The van der Waals surface area contributed by atoms with Crippen LogP contribution in [0.4, 0.5) is 0 Å². The molecule has 3 aromatic rings. The lowest BCUT2D eigenvalue weighted by atomic mass is 10.1. The molecular weight excluding hydrogens is 379 g/mol. The molecule has 0 radical (unpaired) electrons. The largest absolute Gasteiger partial charge is 0.440 e. The van der Waals surface area contributed by atoms with Crippen LogP contribution in [0.3, 0.4) is 0 Å². The first-order valence-corrected chi connectivity index (χ1v) is 9.81. The maximum absolute atomic E-state index is 8.59. The van der Waals surface area contributed by atoms with Crippen LogP contribution >= 0.6 is 23.2 Å². The van der Waals surface area contributed by atoms with Gasteiger partial charge in [0.1, 0.15) is 5.69 Å².